The molecular formula is C15H26N2O. The van der Waals surface area contributed by atoms with E-state index in [0.29, 0.717) is 18.4 Å². The molecule has 3 nitrogen and oxygen atoms in total. The number of aryl methyl sites for hydroxylation is 1. The van der Waals surface area contributed by atoms with Gasteiger partial charge in [0, 0.05) is 6.54 Å². The van der Waals surface area contributed by atoms with Crippen LogP contribution in [0.1, 0.15) is 19.4 Å². The zero-order valence-electron chi connectivity index (χ0n) is 11.8. The van der Waals surface area contributed by atoms with Crippen LogP contribution in [0.3, 0.4) is 0 Å². The van der Waals surface area contributed by atoms with Gasteiger partial charge in [-0.25, -0.2) is 0 Å². The fourth-order valence-electron chi connectivity index (χ4n) is 1.82. The van der Waals surface area contributed by atoms with Crippen LogP contribution in [0.4, 0.5) is 0 Å². The molecule has 1 unspecified atom stereocenters. The molecule has 0 saturated heterocycles. The molecular weight excluding hydrogens is 224 g/mol. The highest BCUT2D eigenvalue weighted by Gasteiger charge is 2.10. The fraction of sp³-hybridized carbons (Fsp3) is 0.600. The topological polar surface area (TPSA) is 47.3 Å². The summed E-state index contributed by atoms with van der Waals surface area (Å²) in [6.07, 6.45) is 0. The van der Waals surface area contributed by atoms with Gasteiger partial charge in [-0.2, -0.15) is 0 Å². The van der Waals surface area contributed by atoms with Gasteiger partial charge in [0.15, 0.2) is 0 Å². The Labute approximate surface area is 111 Å². The van der Waals surface area contributed by atoms with Crippen LogP contribution in [0.2, 0.25) is 0 Å². The monoisotopic (exact) mass is 250 g/mol. The summed E-state index contributed by atoms with van der Waals surface area (Å²) in [5, 5.41) is 3.40. The highest BCUT2D eigenvalue weighted by molar-refractivity contribution is 5.27. The molecule has 0 spiro atoms. The average molecular weight is 250 g/mol. The third-order valence-electron chi connectivity index (χ3n) is 3.19. The van der Waals surface area contributed by atoms with Crippen molar-refractivity contribution in [3.8, 4) is 5.75 Å². The molecule has 0 aromatic heterocycles. The molecule has 1 atom stereocenters. The van der Waals surface area contributed by atoms with Crippen molar-refractivity contribution < 1.29 is 4.74 Å². The molecule has 1 rings (SSSR count). The van der Waals surface area contributed by atoms with E-state index in [1.54, 1.807) is 0 Å². The fourth-order valence-corrected chi connectivity index (χ4v) is 1.82. The molecule has 1 aromatic carbocycles. The largest absolute Gasteiger partial charge is 0.492 e. The molecule has 0 aliphatic heterocycles. The van der Waals surface area contributed by atoms with Gasteiger partial charge in [0.05, 0.1) is 0 Å². The zero-order chi connectivity index (χ0) is 13.4. The summed E-state index contributed by atoms with van der Waals surface area (Å²) in [6.45, 7) is 9.75. The lowest BCUT2D eigenvalue weighted by Crippen LogP contribution is -2.33. The van der Waals surface area contributed by atoms with Gasteiger partial charge in [-0.3, -0.25) is 0 Å². The van der Waals surface area contributed by atoms with Crippen LogP contribution < -0.4 is 15.8 Å². The van der Waals surface area contributed by atoms with Crippen molar-refractivity contribution in [1.82, 2.24) is 5.32 Å². The molecule has 102 valence electrons. The van der Waals surface area contributed by atoms with Gasteiger partial charge < -0.3 is 15.8 Å². The third-order valence-corrected chi connectivity index (χ3v) is 3.19. The van der Waals surface area contributed by atoms with Crippen LogP contribution in [0, 0.1) is 18.8 Å². The molecule has 0 radical (unpaired) electrons. The number of hydrogen-bond acceptors (Lipinski definition) is 3. The Morgan fingerprint density at radius 2 is 2.11 bits per heavy atom. The van der Waals surface area contributed by atoms with Crippen molar-refractivity contribution in [2.24, 2.45) is 17.6 Å². The van der Waals surface area contributed by atoms with Gasteiger partial charge in [-0.1, -0.05) is 26.0 Å². The maximum absolute atomic E-state index is 5.72. The van der Waals surface area contributed by atoms with Crippen molar-refractivity contribution in [1.29, 1.82) is 0 Å². The van der Waals surface area contributed by atoms with Crippen molar-refractivity contribution >= 4 is 0 Å². The van der Waals surface area contributed by atoms with E-state index in [4.69, 9.17) is 10.5 Å². The van der Waals surface area contributed by atoms with Crippen LogP contribution in [-0.2, 0) is 0 Å². The molecule has 1 aromatic rings. The van der Waals surface area contributed by atoms with Gasteiger partial charge in [0.1, 0.15) is 12.4 Å². The smallest absolute Gasteiger partial charge is 0.119 e. The standard InChI is InChI=1S/C15H26N2O/c1-12(2)14(10-16)11-17-7-8-18-15-6-4-5-13(3)9-15/h4-6,9,12,14,17H,7-8,10-11,16H2,1-3H3. The molecule has 0 aliphatic carbocycles. The first-order valence-corrected chi connectivity index (χ1v) is 6.73. The minimum absolute atomic E-state index is 0.545. The summed E-state index contributed by atoms with van der Waals surface area (Å²) in [4.78, 5) is 0. The van der Waals surface area contributed by atoms with Crippen LogP contribution in [0.25, 0.3) is 0 Å². The maximum Gasteiger partial charge on any atom is 0.119 e. The highest BCUT2D eigenvalue weighted by Crippen LogP contribution is 2.11. The summed E-state index contributed by atoms with van der Waals surface area (Å²) in [7, 11) is 0. The van der Waals surface area contributed by atoms with Crippen LogP contribution in [0.5, 0.6) is 5.75 Å². The minimum Gasteiger partial charge on any atom is -0.492 e. The second kappa shape index (κ2) is 8.11. The Hall–Kier alpha value is -1.06. The second-order valence-electron chi connectivity index (χ2n) is 5.11. The molecule has 0 bridgehead atoms. The van der Waals surface area contributed by atoms with E-state index < -0.39 is 0 Å². The van der Waals surface area contributed by atoms with E-state index in [9.17, 15) is 0 Å². The Bertz CT molecular complexity index is 339. The molecule has 0 fully saturated rings. The van der Waals surface area contributed by atoms with Gasteiger partial charge in [0.25, 0.3) is 0 Å². The van der Waals surface area contributed by atoms with Gasteiger partial charge in [-0.05, 0) is 49.5 Å². The van der Waals surface area contributed by atoms with Crippen LogP contribution in [-0.4, -0.2) is 26.2 Å². The molecule has 3 N–H and O–H groups in total. The first-order chi connectivity index (χ1) is 8.63. The first-order valence-electron chi connectivity index (χ1n) is 6.73. The predicted molar refractivity (Wildman–Crippen MR) is 76.9 cm³/mol. The molecule has 0 heterocycles. The number of nitrogens with one attached hydrogen (secondary N) is 1. The van der Waals surface area contributed by atoms with Crippen molar-refractivity contribution in [3.05, 3.63) is 29.8 Å². The third kappa shape index (κ3) is 5.52. The second-order valence-corrected chi connectivity index (χ2v) is 5.11. The predicted octanol–water partition coefficient (Wildman–Crippen LogP) is 2.19. The summed E-state index contributed by atoms with van der Waals surface area (Å²) >= 11 is 0. The van der Waals surface area contributed by atoms with Crippen LogP contribution >= 0.6 is 0 Å². The number of rotatable bonds is 8. The summed E-state index contributed by atoms with van der Waals surface area (Å²) in [6, 6.07) is 8.13. The summed E-state index contributed by atoms with van der Waals surface area (Å²) in [5.74, 6) is 2.11. The molecule has 3 heteroatoms. The highest BCUT2D eigenvalue weighted by atomic mass is 16.5. The lowest BCUT2D eigenvalue weighted by molar-refractivity contribution is 0.299. The Balaban J connectivity index is 2.15. The van der Waals surface area contributed by atoms with E-state index in [-0.39, 0.29) is 0 Å². The Kier molecular flexibility index (Phi) is 6.76. The quantitative estimate of drug-likeness (QED) is 0.695. The Morgan fingerprint density at radius 3 is 2.72 bits per heavy atom. The van der Waals surface area contributed by atoms with E-state index in [1.807, 2.05) is 12.1 Å². The zero-order valence-corrected chi connectivity index (χ0v) is 11.8. The lowest BCUT2D eigenvalue weighted by Gasteiger charge is -2.19. The number of ether oxygens (including phenoxy) is 1. The molecule has 0 aliphatic rings. The SMILES string of the molecule is Cc1cccc(OCCNCC(CN)C(C)C)c1. The van der Waals surface area contributed by atoms with E-state index in [1.165, 1.54) is 5.56 Å². The number of nitrogens with two attached hydrogens (primary N) is 1. The van der Waals surface area contributed by atoms with Gasteiger partial charge in [0.2, 0.25) is 0 Å². The first kappa shape index (κ1) is 15.0. The molecule has 18 heavy (non-hydrogen) atoms. The molecule has 0 amide bonds. The normalized spacial score (nSPS) is 12.7. The Morgan fingerprint density at radius 1 is 1.33 bits per heavy atom. The number of benzene rings is 1. The summed E-state index contributed by atoms with van der Waals surface area (Å²) < 4.78 is 5.67. The minimum atomic E-state index is 0.545. The van der Waals surface area contributed by atoms with E-state index in [0.717, 1.165) is 25.4 Å². The number of hydrogen-bond donors (Lipinski definition) is 2. The molecule has 0 saturated carbocycles. The maximum atomic E-state index is 5.72. The van der Waals surface area contributed by atoms with Crippen molar-refractivity contribution in [2.75, 3.05) is 26.2 Å². The van der Waals surface area contributed by atoms with Gasteiger partial charge in [-0.15, -0.1) is 0 Å². The van der Waals surface area contributed by atoms with Crippen molar-refractivity contribution in [3.63, 3.8) is 0 Å². The van der Waals surface area contributed by atoms with Crippen molar-refractivity contribution in [2.45, 2.75) is 20.8 Å². The van der Waals surface area contributed by atoms with E-state index >= 15 is 0 Å². The van der Waals surface area contributed by atoms with E-state index in [2.05, 4.69) is 38.2 Å². The van der Waals surface area contributed by atoms with Gasteiger partial charge >= 0.3 is 0 Å². The average Bonchev–Trinajstić information content (AvgIpc) is 2.33. The van der Waals surface area contributed by atoms with Crippen LogP contribution in [0.15, 0.2) is 24.3 Å². The lowest BCUT2D eigenvalue weighted by atomic mass is 9.96. The summed E-state index contributed by atoms with van der Waals surface area (Å²) in [5.41, 5.74) is 6.95.